The van der Waals surface area contributed by atoms with E-state index in [2.05, 4.69) is 10.2 Å². The second-order valence-corrected chi connectivity index (χ2v) is 6.74. The van der Waals surface area contributed by atoms with Crippen LogP contribution in [0.5, 0.6) is 0 Å². The van der Waals surface area contributed by atoms with Gasteiger partial charge in [0.25, 0.3) is 0 Å². The average Bonchev–Trinajstić information content (AvgIpc) is 2.94. The lowest BCUT2D eigenvalue weighted by molar-refractivity contribution is -0.129. The molecule has 0 radical (unpaired) electrons. The zero-order valence-electron chi connectivity index (χ0n) is 12.6. The van der Waals surface area contributed by atoms with Crippen LogP contribution in [0.25, 0.3) is 11.4 Å². The molecular formula is C15H18ClN5OS. The molecule has 1 aliphatic rings. The maximum atomic E-state index is 12.2. The fourth-order valence-electron chi connectivity index (χ4n) is 2.56. The molecule has 0 saturated carbocycles. The number of likely N-dealkylation sites (tertiary alicyclic amines) is 1. The first kappa shape index (κ1) is 16.1. The third-order valence-electron chi connectivity index (χ3n) is 3.81. The fraction of sp³-hybridized carbons (Fsp3) is 0.400. The van der Waals surface area contributed by atoms with Gasteiger partial charge in [0, 0.05) is 18.7 Å². The Balaban J connectivity index is 1.68. The minimum Gasteiger partial charge on any atom is -0.342 e. The van der Waals surface area contributed by atoms with Crippen LogP contribution >= 0.6 is 23.4 Å². The molecule has 0 atom stereocenters. The van der Waals surface area contributed by atoms with E-state index in [-0.39, 0.29) is 5.91 Å². The summed E-state index contributed by atoms with van der Waals surface area (Å²) in [6.45, 7) is 1.69. The minimum atomic E-state index is 0.122. The van der Waals surface area contributed by atoms with E-state index in [0.717, 1.165) is 31.5 Å². The number of amides is 1. The van der Waals surface area contributed by atoms with Crippen LogP contribution in [0.15, 0.2) is 29.4 Å². The second kappa shape index (κ2) is 7.23. The lowest BCUT2D eigenvalue weighted by Gasteiger charge is -2.26. The minimum absolute atomic E-state index is 0.122. The maximum Gasteiger partial charge on any atom is 0.233 e. The molecule has 2 heterocycles. The monoisotopic (exact) mass is 351 g/mol. The van der Waals surface area contributed by atoms with Gasteiger partial charge in [0.15, 0.2) is 5.82 Å². The number of benzene rings is 1. The number of carbonyl (C=O) groups excluding carboxylic acids is 1. The van der Waals surface area contributed by atoms with Gasteiger partial charge >= 0.3 is 0 Å². The standard InChI is InChI=1S/C15H18ClN5OS/c16-12-7-3-2-6-11(12)14-18-19-15(21(14)17)23-10-13(22)20-8-4-1-5-9-20/h2-3,6-7H,1,4-5,8-10,17H2. The number of thioether (sulfide) groups is 1. The van der Waals surface area contributed by atoms with Gasteiger partial charge < -0.3 is 10.7 Å². The first-order valence-electron chi connectivity index (χ1n) is 7.53. The molecular weight excluding hydrogens is 334 g/mol. The first-order chi connectivity index (χ1) is 11.2. The summed E-state index contributed by atoms with van der Waals surface area (Å²) in [6.07, 6.45) is 3.37. The normalized spacial score (nSPS) is 14.9. The highest BCUT2D eigenvalue weighted by Gasteiger charge is 2.19. The largest absolute Gasteiger partial charge is 0.342 e. The van der Waals surface area contributed by atoms with Crippen LogP contribution in [0.3, 0.4) is 0 Å². The van der Waals surface area contributed by atoms with Crippen molar-refractivity contribution in [3.8, 4) is 11.4 Å². The Bertz CT molecular complexity index is 699. The van der Waals surface area contributed by atoms with E-state index < -0.39 is 0 Å². The Morgan fingerprint density at radius 3 is 2.70 bits per heavy atom. The number of nitrogen functional groups attached to an aromatic ring is 1. The van der Waals surface area contributed by atoms with Gasteiger partial charge in [-0.1, -0.05) is 35.5 Å². The van der Waals surface area contributed by atoms with Gasteiger partial charge in [-0.15, -0.1) is 10.2 Å². The molecule has 0 unspecified atom stereocenters. The van der Waals surface area contributed by atoms with Gasteiger partial charge in [-0.05, 0) is 31.4 Å². The van der Waals surface area contributed by atoms with Crippen molar-refractivity contribution >= 4 is 29.3 Å². The number of hydrogen-bond acceptors (Lipinski definition) is 5. The van der Waals surface area contributed by atoms with E-state index in [4.69, 9.17) is 17.4 Å². The molecule has 1 amide bonds. The van der Waals surface area contributed by atoms with Crippen LogP contribution in [0.1, 0.15) is 19.3 Å². The summed E-state index contributed by atoms with van der Waals surface area (Å²) in [4.78, 5) is 14.1. The smallest absolute Gasteiger partial charge is 0.233 e. The van der Waals surface area contributed by atoms with Crippen molar-refractivity contribution in [1.82, 2.24) is 19.8 Å². The lowest BCUT2D eigenvalue weighted by Crippen LogP contribution is -2.36. The van der Waals surface area contributed by atoms with E-state index in [1.807, 2.05) is 23.1 Å². The van der Waals surface area contributed by atoms with Crippen molar-refractivity contribution in [2.75, 3.05) is 24.7 Å². The van der Waals surface area contributed by atoms with E-state index in [9.17, 15) is 4.79 Å². The van der Waals surface area contributed by atoms with E-state index in [0.29, 0.717) is 21.8 Å². The molecule has 1 saturated heterocycles. The van der Waals surface area contributed by atoms with Gasteiger partial charge in [0.05, 0.1) is 10.8 Å². The SMILES string of the molecule is Nn1c(SCC(=O)N2CCCCC2)nnc1-c1ccccc1Cl. The molecule has 122 valence electrons. The maximum absolute atomic E-state index is 12.2. The van der Waals surface area contributed by atoms with Crippen LogP contribution in [-0.2, 0) is 4.79 Å². The molecule has 1 aromatic carbocycles. The van der Waals surface area contributed by atoms with Crippen molar-refractivity contribution in [2.24, 2.45) is 0 Å². The third kappa shape index (κ3) is 3.61. The molecule has 23 heavy (non-hydrogen) atoms. The average molecular weight is 352 g/mol. The highest BCUT2D eigenvalue weighted by atomic mass is 35.5. The summed E-state index contributed by atoms with van der Waals surface area (Å²) in [5, 5.41) is 9.23. The van der Waals surface area contributed by atoms with Crippen molar-refractivity contribution in [3.63, 3.8) is 0 Å². The summed E-state index contributed by atoms with van der Waals surface area (Å²) in [5.74, 6) is 6.99. The van der Waals surface area contributed by atoms with Gasteiger partial charge in [0.2, 0.25) is 11.1 Å². The molecule has 8 heteroatoms. The van der Waals surface area contributed by atoms with Crippen LogP contribution in [-0.4, -0.2) is 44.5 Å². The summed E-state index contributed by atoms with van der Waals surface area (Å²) < 4.78 is 1.38. The first-order valence-corrected chi connectivity index (χ1v) is 8.89. The number of aromatic nitrogens is 3. The van der Waals surface area contributed by atoms with Gasteiger partial charge in [-0.2, -0.15) is 0 Å². The number of hydrogen-bond donors (Lipinski definition) is 1. The van der Waals surface area contributed by atoms with Gasteiger partial charge in [-0.3, -0.25) is 4.79 Å². The summed E-state index contributed by atoms with van der Waals surface area (Å²) >= 11 is 7.47. The van der Waals surface area contributed by atoms with Crippen molar-refractivity contribution < 1.29 is 4.79 Å². The van der Waals surface area contributed by atoms with Crippen LogP contribution < -0.4 is 5.84 Å². The van der Waals surface area contributed by atoms with E-state index >= 15 is 0 Å². The molecule has 0 spiro atoms. The number of halogens is 1. The third-order valence-corrected chi connectivity index (χ3v) is 5.07. The topological polar surface area (TPSA) is 77.0 Å². The Morgan fingerprint density at radius 1 is 1.22 bits per heavy atom. The second-order valence-electron chi connectivity index (χ2n) is 5.39. The van der Waals surface area contributed by atoms with E-state index in [1.165, 1.54) is 22.9 Å². The highest BCUT2D eigenvalue weighted by molar-refractivity contribution is 7.99. The van der Waals surface area contributed by atoms with Crippen molar-refractivity contribution in [1.29, 1.82) is 0 Å². The zero-order valence-corrected chi connectivity index (χ0v) is 14.2. The quantitative estimate of drug-likeness (QED) is 0.676. The zero-order chi connectivity index (χ0) is 16.2. The van der Waals surface area contributed by atoms with Crippen molar-refractivity contribution in [2.45, 2.75) is 24.4 Å². The molecule has 1 fully saturated rings. The van der Waals surface area contributed by atoms with Crippen LogP contribution in [0, 0.1) is 0 Å². The fourth-order valence-corrected chi connectivity index (χ4v) is 3.54. The lowest BCUT2D eigenvalue weighted by atomic mass is 10.1. The number of piperidine rings is 1. The molecule has 1 aromatic heterocycles. The summed E-state index contributed by atoms with van der Waals surface area (Å²) in [5.41, 5.74) is 0.721. The van der Waals surface area contributed by atoms with Crippen molar-refractivity contribution in [3.05, 3.63) is 29.3 Å². The summed E-state index contributed by atoms with van der Waals surface area (Å²) in [6, 6.07) is 7.32. The van der Waals surface area contributed by atoms with Gasteiger partial charge in [0.1, 0.15) is 0 Å². The molecule has 1 aliphatic heterocycles. The molecule has 0 aliphatic carbocycles. The Hall–Kier alpha value is -1.73. The molecule has 3 rings (SSSR count). The predicted molar refractivity (Wildman–Crippen MR) is 91.8 cm³/mol. The highest BCUT2D eigenvalue weighted by Crippen LogP contribution is 2.27. The van der Waals surface area contributed by atoms with Crippen LogP contribution in [0.2, 0.25) is 5.02 Å². The Labute approximate surface area is 144 Å². The molecule has 6 nitrogen and oxygen atoms in total. The molecule has 2 N–H and O–H groups in total. The van der Waals surface area contributed by atoms with E-state index in [1.54, 1.807) is 6.07 Å². The predicted octanol–water partition coefficient (Wildman–Crippen LogP) is 2.42. The number of nitrogens with zero attached hydrogens (tertiary/aromatic N) is 4. The Morgan fingerprint density at radius 2 is 1.96 bits per heavy atom. The van der Waals surface area contributed by atoms with Crippen LogP contribution in [0.4, 0.5) is 0 Å². The summed E-state index contributed by atoms with van der Waals surface area (Å²) in [7, 11) is 0. The molecule has 2 aromatic rings. The number of rotatable bonds is 4. The molecule has 0 bridgehead atoms. The number of carbonyl (C=O) groups is 1. The van der Waals surface area contributed by atoms with Gasteiger partial charge in [-0.25, -0.2) is 4.68 Å². The number of nitrogens with two attached hydrogens (primary N) is 1. The Kier molecular flexibility index (Phi) is 5.07.